The highest BCUT2D eigenvalue weighted by atomic mass is 32.2. The van der Waals surface area contributed by atoms with Gasteiger partial charge in [-0.05, 0) is 62.9 Å². The SMILES string of the molecule is COc1ccc(F)cc1S(=O)(=O)NCC1CCN(C2CCCC2)CC1. The third-order valence-corrected chi connectivity index (χ3v) is 6.91. The highest BCUT2D eigenvalue weighted by Gasteiger charge is 2.28. The van der Waals surface area contributed by atoms with Gasteiger partial charge in [0.2, 0.25) is 10.0 Å². The predicted molar refractivity (Wildman–Crippen MR) is 94.7 cm³/mol. The van der Waals surface area contributed by atoms with Crippen LogP contribution in [0.1, 0.15) is 38.5 Å². The monoisotopic (exact) mass is 370 g/mol. The molecule has 7 heteroatoms. The molecule has 1 aromatic carbocycles. The first-order valence-electron chi connectivity index (χ1n) is 9.07. The van der Waals surface area contributed by atoms with E-state index in [1.165, 1.54) is 44.9 Å². The number of benzene rings is 1. The van der Waals surface area contributed by atoms with E-state index in [4.69, 9.17) is 4.74 Å². The molecule has 0 spiro atoms. The number of sulfonamides is 1. The first-order chi connectivity index (χ1) is 12.0. The number of rotatable bonds is 6. The summed E-state index contributed by atoms with van der Waals surface area (Å²) < 4.78 is 46.2. The highest BCUT2D eigenvalue weighted by Crippen LogP contribution is 2.28. The molecule has 0 atom stereocenters. The number of nitrogens with zero attached hydrogens (tertiary/aromatic N) is 1. The molecule has 1 aliphatic carbocycles. The fraction of sp³-hybridized carbons (Fsp3) is 0.667. The third-order valence-electron chi connectivity index (χ3n) is 5.47. The van der Waals surface area contributed by atoms with Crippen LogP contribution in [0.15, 0.2) is 23.1 Å². The van der Waals surface area contributed by atoms with Crippen LogP contribution in [0.5, 0.6) is 5.75 Å². The second kappa shape index (κ2) is 8.01. The van der Waals surface area contributed by atoms with Crippen molar-refractivity contribution >= 4 is 10.0 Å². The summed E-state index contributed by atoms with van der Waals surface area (Å²) in [5, 5.41) is 0. The smallest absolute Gasteiger partial charge is 0.244 e. The van der Waals surface area contributed by atoms with Gasteiger partial charge in [-0.2, -0.15) is 0 Å². The van der Waals surface area contributed by atoms with Gasteiger partial charge < -0.3 is 9.64 Å². The lowest BCUT2D eigenvalue weighted by Gasteiger charge is -2.36. The molecule has 0 unspecified atom stereocenters. The summed E-state index contributed by atoms with van der Waals surface area (Å²) in [6.07, 6.45) is 7.27. The van der Waals surface area contributed by atoms with Crippen LogP contribution >= 0.6 is 0 Å². The molecule has 1 N–H and O–H groups in total. The quantitative estimate of drug-likeness (QED) is 0.837. The molecule has 1 saturated carbocycles. The zero-order valence-corrected chi connectivity index (χ0v) is 15.5. The second-order valence-electron chi connectivity index (χ2n) is 7.06. The summed E-state index contributed by atoms with van der Waals surface area (Å²) in [4.78, 5) is 2.42. The molecule has 1 saturated heterocycles. The maximum absolute atomic E-state index is 13.4. The van der Waals surface area contributed by atoms with E-state index in [2.05, 4.69) is 9.62 Å². The Labute approximate surface area is 149 Å². The average Bonchev–Trinajstić information content (AvgIpc) is 3.15. The van der Waals surface area contributed by atoms with Gasteiger partial charge in [0, 0.05) is 12.6 Å². The van der Waals surface area contributed by atoms with E-state index in [1.807, 2.05) is 0 Å². The van der Waals surface area contributed by atoms with Crippen LogP contribution in [0.2, 0.25) is 0 Å². The first kappa shape index (κ1) is 18.6. The summed E-state index contributed by atoms with van der Waals surface area (Å²) in [5.74, 6) is -0.108. The van der Waals surface area contributed by atoms with Gasteiger partial charge in [0.1, 0.15) is 16.5 Å². The number of methoxy groups -OCH3 is 1. The molecule has 5 nitrogen and oxygen atoms in total. The van der Waals surface area contributed by atoms with Crippen LogP contribution in [0.25, 0.3) is 0 Å². The number of hydrogen-bond acceptors (Lipinski definition) is 4. The van der Waals surface area contributed by atoms with Crippen LogP contribution in [-0.4, -0.2) is 46.1 Å². The Morgan fingerprint density at radius 1 is 1.20 bits per heavy atom. The first-order valence-corrected chi connectivity index (χ1v) is 10.5. The van der Waals surface area contributed by atoms with E-state index >= 15 is 0 Å². The molecule has 2 fully saturated rings. The van der Waals surface area contributed by atoms with Gasteiger partial charge in [0.25, 0.3) is 0 Å². The van der Waals surface area contributed by atoms with Crippen LogP contribution in [0, 0.1) is 11.7 Å². The maximum atomic E-state index is 13.4. The highest BCUT2D eigenvalue weighted by molar-refractivity contribution is 7.89. The van der Waals surface area contributed by atoms with Crippen molar-refractivity contribution in [2.45, 2.75) is 49.5 Å². The molecule has 0 amide bonds. The van der Waals surface area contributed by atoms with Crippen molar-refractivity contribution < 1.29 is 17.5 Å². The van der Waals surface area contributed by atoms with Gasteiger partial charge in [-0.1, -0.05) is 12.8 Å². The van der Waals surface area contributed by atoms with Crippen molar-refractivity contribution in [2.75, 3.05) is 26.7 Å². The Bertz CT molecular complexity index is 682. The molecular weight excluding hydrogens is 343 g/mol. The Hall–Kier alpha value is -1.18. The lowest BCUT2D eigenvalue weighted by atomic mass is 9.96. The Morgan fingerprint density at radius 3 is 2.52 bits per heavy atom. The van der Waals surface area contributed by atoms with Crippen molar-refractivity contribution in [2.24, 2.45) is 5.92 Å². The van der Waals surface area contributed by atoms with Crippen LogP contribution in [-0.2, 0) is 10.0 Å². The molecule has 3 rings (SSSR count). The van der Waals surface area contributed by atoms with Gasteiger partial charge in [-0.3, -0.25) is 0 Å². The zero-order valence-electron chi connectivity index (χ0n) is 14.7. The van der Waals surface area contributed by atoms with Crippen molar-refractivity contribution in [3.8, 4) is 5.75 Å². The Morgan fingerprint density at radius 2 is 1.88 bits per heavy atom. The zero-order chi connectivity index (χ0) is 17.9. The van der Waals surface area contributed by atoms with E-state index in [9.17, 15) is 12.8 Å². The molecule has 140 valence electrons. The molecule has 1 aromatic rings. The molecule has 0 bridgehead atoms. The number of ether oxygens (including phenoxy) is 1. The second-order valence-corrected chi connectivity index (χ2v) is 8.80. The molecule has 1 aliphatic heterocycles. The van der Waals surface area contributed by atoms with Gasteiger partial charge in [-0.15, -0.1) is 0 Å². The minimum Gasteiger partial charge on any atom is -0.495 e. The molecule has 0 radical (unpaired) electrons. The minimum absolute atomic E-state index is 0.140. The standard InChI is InChI=1S/C18H27FN2O3S/c1-24-17-7-6-15(19)12-18(17)25(22,23)20-13-14-8-10-21(11-9-14)16-4-2-3-5-16/h6-7,12,14,16,20H,2-5,8-11,13H2,1H3. The molecule has 1 heterocycles. The fourth-order valence-corrected chi connectivity index (χ4v) is 5.25. The Balaban J connectivity index is 1.55. The molecule has 25 heavy (non-hydrogen) atoms. The van der Waals surface area contributed by atoms with Crippen molar-refractivity contribution in [1.29, 1.82) is 0 Å². The minimum atomic E-state index is -3.78. The molecule has 0 aromatic heterocycles. The topological polar surface area (TPSA) is 58.6 Å². The molecule has 2 aliphatic rings. The van der Waals surface area contributed by atoms with Crippen molar-refractivity contribution in [3.05, 3.63) is 24.0 Å². The summed E-state index contributed by atoms with van der Waals surface area (Å²) in [5.41, 5.74) is 0. The van der Waals surface area contributed by atoms with Gasteiger partial charge >= 0.3 is 0 Å². The van der Waals surface area contributed by atoms with Gasteiger partial charge in [-0.25, -0.2) is 17.5 Å². The van der Waals surface area contributed by atoms with E-state index < -0.39 is 15.8 Å². The summed E-state index contributed by atoms with van der Waals surface area (Å²) >= 11 is 0. The normalized spacial score (nSPS) is 20.9. The summed E-state index contributed by atoms with van der Waals surface area (Å²) in [6, 6.07) is 4.26. The summed E-state index contributed by atoms with van der Waals surface area (Å²) in [7, 11) is -2.40. The average molecular weight is 370 g/mol. The van der Waals surface area contributed by atoms with Crippen LogP contribution < -0.4 is 9.46 Å². The van der Waals surface area contributed by atoms with Crippen molar-refractivity contribution in [3.63, 3.8) is 0 Å². The van der Waals surface area contributed by atoms with Gasteiger partial charge in [0.05, 0.1) is 7.11 Å². The lowest BCUT2D eigenvalue weighted by molar-refractivity contribution is 0.135. The number of nitrogens with one attached hydrogen (secondary N) is 1. The number of likely N-dealkylation sites (tertiary alicyclic amines) is 1. The van der Waals surface area contributed by atoms with E-state index in [0.717, 1.165) is 38.0 Å². The van der Waals surface area contributed by atoms with Crippen LogP contribution in [0.4, 0.5) is 4.39 Å². The van der Waals surface area contributed by atoms with Gasteiger partial charge in [0.15, 0.2) is 0 Å². The lowest BCUT2D eigenvalue weighted by Crippen LogP contribution is -2.42. The van der Waals surface area contributed by atoms with E-state index in [0.29, 0.717) is 12.5 Å². The molecular formula is C18H27FN2O3S. The number of hydrogen-bond donors (Lipinski definition) is 1. The summed E-state index contributed by atoms with van der Waals surface area (Å²) in [6.45, 7) is 2.47. The predicted octanol–water partition coefficient (Wildman–Crippen LogP) is 2.77. The Kier molecular flexibility index (Phi) is 5.96. The third kappa shape index (κ3) is 4.51. The largest absolute Gasteiger partial charge is 0.495 e. The maximum Gasteiger partial charge on any atom is 0.244 e. The fourth-order valence-electron chi connectivity index (χ4n) is 3.96. The van der Waals surface area contributed by atoms with E-state index in [1.54, 1.807) is 0 Å². The van der Waals surface area contributed by atoms with E-state index in [-0.39, 0.29) is 10.6 Å². The van der Waals surface area contributed by atoms with Crippen molar-refractivity contribution in [1.82, 2.24) is 9.62 Å². The van der Waals surface area contributed by atoms with Crippen LogP contribution in [0.3, 0.4) is 0 Å². The number of piperidine rings is 1. The number of halogens is 1.